The molecule has 0 aliphatic heterocycles. The minimum absolute atomic E-state index is 0.125. The highest BCUT2D eigenvalue weighted by Gasteiger charge is 2.17. The summed E-state index contributed by atoms with van der Waals surface area (Å²) in [5.74, 6) is -0.125. The number of amides is 1. The standard InChI is InChI=1S/C15H16ClN3O/c1-2-8-19(11-12-6-4-3-5-7-12)15(20)13-9-18-14(16)10-17-13/h3-7,9-10H,2,8,11H2,1H3. The van der Waals surface area contributed by atoms with Gasteiger partial charge in [-0.25, -0.2) is 9.97 Å². The number of carbonyl (C=O) groups is 1. The van der Waals surface area contributed by atoms with E-state index < -0.39 is 0 Å². The monoisotopic (exact) mass is 289 g/mol. The maximum absolute atomic E-state index is 12.4. The predicted molar refractivity (Wildman–Crippen MR) is 78.5 cm³/mol. The van der Waals surface area contributed by atoms with E-state index in [-0.39, 0.29) is 11.1 Å². The molecule has 0 bridgehead atoms. The summed E-state index contributed by atoms with van der Waals surface area (Å²) in [6, 6.07) is 9.89. The summed E-state index contributed by atoms with van der Waals surface area (Å²) in [5.41, 5.74) is 1.41. The zero-order valence-corrected chi connectivity index (χ0v) is 12.0. The van der Waals surface area contributed by atoms with E-state index in [9.17, 15) is 4.79 Å². The summed E-state index contributed by atoms with van der Waals surface area (Å²) >= 11 is 5.69. The van der Waals surface area contributed by atoms with E-state index >= 15 is 0 Å². The molecule has 0 unspecified atom stereocenters. The summed E-state index contributed by atoms with van der Waals surface area (Å²) < 4.78 is 0. The maximum Gasteiger partial charge on any atom is 0.274 e. The van der Waals surface area contributed by atoms with Crippen molar-refractivity contribution >= 4 is 17.5 Å². The molecule has 20 heavy (non-hydrogen) atoms. The fourth-order valence-electron chi connectivity index (χ4n) is 1.91. The number of hydrogen-bond acceptors (Lipinski definition) is 3. The van der Waals surface area contributed by atoms with Crippen molar-refractivity contribution in [3.05, 3.63) is 59.1 Å². The zero-order valence-electron chi connectivity index (χ0n) is 11.3. The van der Waals surface area contributed by atoms with Crippen LogP contribution in [0, 0.1) is 0 Å². The van der Waals surface area contributed by atoms with Gasteiger partial charge in [-0.1, -0.05) is 48.9 Å². The van der Waals surface area contributed by atoms with Crippen LogP contribution in [-0.4, -0.2) is 27.3 Å². The number of carbonyl (C=O) groups excluding carboxylic acids is 1. The van der Waals surface area contributed by atoms with Crippen molar-refractivity contribution in [3.8, 4) is 0 Å². The lowest BCUT2D eigenvalue weighted by Gasteiger charge is -2.21. The average Bonchev–Trinajstić information content (AvgIpc) is 2.48. The topological polar surface area (TPSA) is 46.1 Å². The third-order valence-electron chi connectivity index (χ3n) is 2.84. The van der Waals surface area contributed by atoms with Gasteiger partial charge in [-0.15, -0.1) is 0 Å². The van der Waals surface area contributed by atoms with Crippen molar-refractivity contribution in [1.82, 2.24) is 14.9 Å². The quantitative estimate of drug-likeness (QED) is 0.849. The molecule has 1 heterocycles. The van der Waals surface area contributed by atoms with Gasteiger partial charge in [0.25, 0.3) is 5.91 Å². The van der Waals surface area contributed by atoms with Crippen molar-refractivity contribution in [2.45, 2.75) is 19.9 Å². The summed E-state index contributed by atoms with van der Waals surface area (Å²) in [6.45, 7) is 3.29. The van der Waals surface area contributed by atoms with Crippen molar-refractivity contribution in [2.75, 3.05) is 6.54 Å². The van der Waals surface area contributed by atoms with Crippen LogP contribution in [0.25, 0.3) is 0 Å². The van der Waals surface area contributed by atoms with E-state index in [1.54, 1.807) is 4.90 Å². The van der Waals surface area contributed by atoms with Gasteiger partial charge in [0.05, 0.1) is 12.4 Å². The van der Waals surface area contributed by atoms with Crippen LogP contribution < -0.4 is 0 Å². The lowest BCUT2D eigenvalue weighted by atomic mass is 10.2. The van der Waals surface area contributed by atoms with E-state index in [1.165, 1.54) is 12.4 Å². The zero-order chi connectivity index (χ0) is 14.4. The van der Waals surface area contributed by atoms with Crippen molar-refractivity contribution < 1.29 is 4.79 Å². The molecular formula is C15H16ClN3O. The molecule has 0 atom stereocenters. The van der Waals surface area contributed by atoms with Gasteiger partial charge in [-0.05, 0) is 12.0 Å². The first-order valence-electron chi connectivity index (χ1n) is 6.51. The lowest BCUT2D eigenvalue weighted by Crippen LogP contribution is -2.32. The molecular weight excluding hydrogens is 274 g/mol. The Labute approximate surface area is 123 Å². The molecule has 0 aliphatic rings. The second kappa shape index (κ2) is 7.01. The Bertz CT molecular complexity index is 557. The van der Waals surface area contributed by atoms with Crippen LogP contribution in [0.1, 0.15) is 29.4 Å². The van der Waals surface area contributed by atoms with Crippen molar-refractivity contribution in [1.29, 1.82) is 0 Å². The Hall–Kier alpha value is -1.94. The van der Waals surface area contributed by atoms with Gasteiger partial charge >= 0.3 is 0 Å². The van der Waals surface area contributed by atoms with Crippen LogP contribution in [0.3, 0.4) is 0 Å². The first-order valence-corrected chi connectivity index (χ1v) is 6.89. The Morgan fingerprint density at radius 3 is 2.55 bits per heavy atom. The van der Waals surface area contributed by atoms with E-state index in [4.69, 9.17) is 11.6 Å². The number of hydrogen-bond donors (Lipinski definition) is 0. The molecule has 5 heteroatoms. The summed E-state index contributed by atoms with van der Waals surface area (Å²) in [6.07, 6.45) is 3.69. The van der Waals surface area contributed by atoms with Gasteiger partial charge in [-0.3, -0.25) is 4.79 Å². The molecule has 2 rings (SSSR count). The number of rotatable bonds is 5. The van der Waals surface area contributed by atoms with Gasteiger partial charge < -0.3 is 4.90 Å². The van der Waals surface area contributed by atoms with Crippen LogP contribution in [0.5, 0.6) is 0 Å². The third kappa shape index (κ3) is 3.78. The highest BCUT2D eigenvalue weighted by molar-refractivity contribution is 6.29. The first kappa shape index (κ1) is 14.5. The van der Waals surface area contributed by atoms with Crippen molar-refractivity contribution in [3.63, 3.8) is 0 Å². The highest BCUT2D eigenvalue weighted by atomic mass is 35.5. The minimum atomic E-state index is -0.125. The molecule has 2 aromatic rings. The van der Waals surface area contributed by atoms with Gasteiger partial charge in [0.15, 0.2) is 0 Å². The smallest absolute Gasteiger partial charge is 0.274 e. The van der Waals surface area contributed by atoms with Gasteiger partial charge in [-0.2, -0.15) is 0 Å². The van der Waals surface area contributed by atoms with E-state index in [2.05, 4.69) is 9.97 Å². The third-order valence-corrected chi connectivity index (χ3v) is 3.03. The highest BCUT2D eigenvalue weighted by Crippen LogP contribution is 2.10. The SMILES string of the molecule is CCCN(Cc1ccccc1)C(=O)c1cnc(Cl)cn1. The van der Waals surface area contributed by atoms with Crippen molar-refractivity contribution in [2.24, 2.45) is 0 Å². The molecule has 0 radical (unpaired) electrons. The number of aromatic nitrogens is 2. The maximum atomic E-state index is 12.4. The molecule has 0 saturated carbocycles. The number of halogens is 1. The Balaban J connectivity index is 2.15. The van der Waals surface area contributed by atoms with E-state index in [0.717, 1.165) is 12.0 Å². The normalized spacial score (nSPS) is 10.3. The van der Waals surface area contributed by atoms with E-state index in [1.807, 2.05) is 37.3 Å². The minimum Gasteiger partial charge on any atom is -0.333 e. The van der Waals surface area contributed by atoms with Crippen LogP contribution in [0.2, 0.25) is 5.15 Å². The van der Waals surface area contributed by atoms with Crippen LogP contribution in [-0.2, 0) is 6.54 Å². The second-order valence-corrected chi connectivity index (χ2v) is 4.82. The predicted octanol–water partition coefficient (Wildman–Crippen LogP) is 3.18. The fraction of sp³-hybridized carbons (Fsp3) is 0.267. The van der Waals surface area contributed by atoms with E-state index in [0.29, 0.717) is 18.8 Å². The summed E-state index contributed by atoms with van der Waals surface area (Å²) in [7, 11) is 0. The molecule has 0 N–H and O–H groups in total. The molecule has 4 nitrogen and oxygen atoms in total. The second-order valence-electron chi connectivity index (χ2n) is 4.44. The molecule has 0 aliphatic carbocycles. The summed E-state index contributed by atoms with van der Waals surface area (Å²) in [5, 5.41) is 0.284. The fourth-order valence-corrected chi connectivity index (χ4v) is 2.01. The van der Waals surface area contributed by atoms with Gasteiger partial charge in [0.2, 0.25) is 0 Å². The molecule has 0 fully saturated rings. The Kier molecular flexibility index (Phi) is 5.07. The molecule has 1 aromatic heterocycles. The Morgan fingerprint density at radius 2 is 1.95 bits per heavy atom. The molecule has 0 saturated heterocycles. The first-order chi connectivity index (χ1) is 9.70. The van der Waals surface area contributed by atoms with Gasteiger partial charge in [0.1, 0.15) is 10.8 Å². The number of benzene rings is 1. The molecule has 1 amide bonds. The average molecular weight is 290 g/mol. The Morgan fingerprint density at radius 1 is 1.20 bits per heavy atom. The van der Waals surface area contributed by atoms with Crippen LogP contribution in [0.15, 0.2) is 42.7 Å². The van der Waals surface area contributed by atoms with Gasteiger partial charge in [0, 0.05) is 13.1 Å². The number of nitrogens with zero attached hydrogens (tertiary/aromatic N) is 3. The molecule has 104 valence electrons. The lowest BCUT2D eigenvalue weighted by molar-refractivity contribution is 0.0737. The van der Waals surface area contributed by atoms with Crippen LogP contribution in [0.4, 0.5) is 0 Å². The summed E-state index contributed by atoms with van der Waals surface area (Å²) in [4.78, 5) is 22.1. The largest absolute Gasteiger partial charge is 0.333 e. The molecule has 1 aromatic carbocycles. The molecule has 0 spiro atoms. The van der Waals surface area contributed by atoms with Crippen LogP contribution >= 0.6 is 11.6 Å².